The van der Waals surface area contributed by atoms with Crippen LogP contribution in [0.2, 0.25) is 0 Å². The van der Waals surface area contributed by atoms with Crippen molar-refractivity contribution in [3.05, 3.63) is 30.1 Å². The van der Waals surface area contributed by atoms with E-state index in [-0.39, 0.29) is 24.0 Å². The van der Waals surface area contributed by atoms with Crippen LogP contribution in [0.15, 0.2) is 29.3 Å². The molecule has 0 spiro atoms. The first-order chi connectivity index (χ1) is 7.79. The topological polar surface area (TPSA) is 79.1 Å². The van der Waals surface area contributed by atoms with Crippen LogP contribution in [0.5, 0.6) is 0 Å². The van der Waals surface area contributed by atoms with Gasteiger partial charge < -0.3 is 16.0 Å². The van der Waals surface area contributed by atoms with Gasteiger partial charge in [0.2, 0.25) is 0 Å². The van der Waals surface area contributed by atoms with E-state index in [0.29, 0.717) is 5.96 Å². The summed E-state index contributed by atoms with van der Waals surface area (Å²) >= 11 is 0. The lowest BCUT2D eigenvalue weighted by molar-refractivity contribution is 0.820. The molecule has 2 rings (SSSR count). The Morgan fingerprint density at radius 1 is 1.47 bits per heavy atom. The number of fused-ring (bicyclic) bond motifs is 1. The largest absolute Gasteiger partial charge is 0.370 e. The summed E-state index contributed by atoms with van der Waals surface area (Å²) in [5, 5.41) is 2.99. The van der Waals surface area contributed by atoms with Crippen LogP contribution in [-0.4, -0.2) is 29.5 Å². The monoisotopic (exact) mass is 345 g/mol. The summed E-state index contributed by atoms with van der Waals surface area (Å²) in [6.45, 7) is 0.725. The maximum Gasteiger partial charge on any atom is 0.188 e. The summed E-state index contributed by atoms with van der Waals surface area (Å²) in [6.07, 6.45) is 0.797. The second-order valence-corrected chi connectivity index (χ2v) is 3.49. The number of nitrogens with zero attached hydrogens (tertiary/aromatic N) is 2. The van der Waals surface area contributed by atoms with E-state index in [1.807, 2.05) is 24.3 Å². The lowest BCUT2D eigenvalue weighted by atomic mass is 10.3. The van der Waals surface area contributed by atoms with E-state index in [0.717, 1.165) is 29.8 Å². The quantitative estimate of drug-likeness (QED) is 0.445. The first-order valence-corrected chi connectivity index (χ1v) is 5.19. The lowest BCUT2D eigenvalue weighted by Crippen LogP contribution is -2.33. The number of rotatable bonds is 3. The Labute approximate surface area is 117 Å². The molecule has 0 aliphatic carbocycles. The average Bonchev–Trinajstić information content (AvgIpc) is 2.71. The van der Waals surface area contributed by atoms with Crippen molar-refractivity contribution in [2.45, 2.75) is 6.42 Å². The van der Waals surface area contributed by atoms with Crippen LogP contribution >= 0.6 is 24.0 Å². The molecule has 92 valence electrons. The van der Waals surface area contributed by atoms with E-state index in [4.69, 9.17) is 5.73 Å². The predicted molar refractivity (Wildman–Crippen MR) is 80.8 cm³/mol. The Balaban J connectivity index is 0.00000144. The number of imidazole rings is 1. The molecule has 0 saturated carbocycles. The van der Waals surface area contributed by atoms with E-state index < -0.39 is 0 Å². The molecule has 0 amide bonds. The van der Waals surface area contributed by atoms with Gasteiger partial charge in [-0.25, -0.2) is 4.98 Å². The minimum Gasteiger partial charge on any atom is -0.370 e. The number of nitrogens with two attached hydrogens (primary N) is 1. The molecule has 17 heavy (non-hydrogen) atoms. The zero-order chi connectivity index (χ0) is 11.4. The van der Waals surface area contributed by atoms with Crippen LogP contribution in [0.1, 0.15) is 5.82 Å². The molecule has 0 unspecified atom stereocenters. The van der Waals surface area contributed by atoms with E-state index in [2.05, 4.69) is 20.3 Å². The Hall–Kier alpha value is -1.31. The Morgan fingerprint density at radius 3 is 2.94 bits per heavy atom. The van der Waals surface area contributed by atoms with Gasteiger partial charge in [0.15, 0.2) is 5.96 Å². The SMILES string of the molecule is CN=C(N)NCCc1nc2ccccc2[nH]1.I. The van der Waals surface area contributed by atoms with Crippen molar-refractivity contribution in [2.75, 3.05) is 13.6 Å². The number of aliphatic imine (C=N–C) groups is 1. The van der Waals surface area contributed by atoms with Crippen molar-refractivity contribution in [2.24, 2.45) is 10.7 Å². The third-order valence-electron chi connectivity index (χ3n) is 2.35. The number of H-pyrrole nitrogens is 1. The number of halogens is 1. The molecular formula is C11H16IN5. The number of aromatic amines is 1. The van der Waals surface area contributed by atoms with Crippen LogP contribution in [0, 0.1) is 0 Å². The van der Waals surface area contributed by atoms with Crippen LogP contribution in [0.4, 0.5) is 0 Å². The standard InChI is InChI=1S/C11H15N5.HI/c1-13-11(12)14-7-6-10-15-8-4-2-3-5-9(8)16-10;/h2-5H,6-7H2,1H3,(H,15,16)(H3,12,13,14);1H. The second-order valence-electron chi connectivity index (χ2n) is 3.49. The normalized spacial score (nSPS) is 11.2. The molecule has 0 radical (unpaired) electrons. The minimum absolute atomic E-state index is 0. The number of hydrogen-bond donors (Lipinski definition) is 3. The van der Waals surface area contributed by atoms with Gasteiger partial charge in [0.05, 0.1) is 11.0 Å². The molecule has 1 heterocycles. The van der Waals surface area contributed by atoms with Crippen LogP contribution in [0.25, 0.3) is 11.0 Å². The Kier molecular flexibility index (Phi) is 5.20. The maximum absolute atomic E-state index is 5.52. The zero-order valence-electron chi connectivity index (χ0n) is 9.60. The summed E-state index contributed by atoms with van der Waals surface area (Å²) in [4.78, 5) is 11.5. The molecule has 5 nitrogen and oxygen atoms in total. The molecule has 0 saturated heterocycles. The van der Waals surface area contributed by atoms with Crippen molar-refractivity contribution in [3.63, 3.8) is 0 Å². The first kappa shape index (κ1) is 13.8. The van der Waals surface area contributed by atoms with Gasteiger partial charge in [-0.1, -0.05) is 12.1 Å². The number of aromatic nitrogens is 2. The van der Waals surface area contributed by atoms with Gasteiger partial charge >= 0.3 is 0 Å². The highest BCUT2D eigenvalue weighted by Crippen LogP contribution is 2.09. The number of para-hydroxylation sites is 2. The highest BCUT2D eigenvalue weighted by molar-refractivity contribution is 14.0. The molecule has 0 aliphatic heterocycles. The van der Waals surface area contributed by atoms with Crippen molar-refractivity contribution in [1.29, 1.82) is 0 Å². The molecule has 0 aliphatic rings. The summed E-state index contributed by atoms with van der Waals surface area (Å²) in [5.74, 6) is 1.41. The molecule has 1 aromatic carbocycles. The predicted octanol–water partition coefficient (Wildman–Crippen LogP) is 1.26. The number of guanidine groups is 1. The molecule has 6 heteroatoms. The van der Waals surface area contributed by atoms with Crippen molar-refractivity contribution in [3.8, 4) is 0 Å². The van der Waals surface area contributed by atoms with Gasteiger partial charge in [0, 0.05) is 20.0 Å². The average molecular weight is 345 g/mol. The highest BCUT2D eigenvalue weighted by Gasteiger charge is 2.01. The van der Waals surface area contributed by atoms with Gasteiger partial charge in [0.25, 0.3) is 0 Å². The van der Waals surface area contributed by atoms with E-state index in [1.165, 1.54) is 0 Å². The van der Waals surface area contributed by atoms with Gasteiger partial charge in [-0.2, -0.15) is 0 Å². The molecule has 0 bridgehead atoms. The van der Waals surface area contributed by atoms with Gasteiger partial charge in [-0.15, -0.1) is 24.0 Å². The lowest BCUT2D eigenvalue weighted by Gasteiger charge is -2.01. The Bertz CT molecular complexity index is 472. The van der Waals surface area contributed by atoms with Gasteiger partial charge in [-0.3, -0.25) is 4.99 Å². The smallest absolute Gasteiger partial charge is 0.188 e. The fourth-order valence-electron chi connectivity index (χ4n) is 1.51. The third kappa shape index (κ3) is 3.58. The molecule has 2 aromatic rings. The number of nitrogens with one attached hydrogen (secondary N) is 2. The van der Waals surface area contributed by atoms with E-state index >= 15 is 0 Å². The summed E-state index contributed by atoms with van der Waals surface area (Å²) in [7, 11) is 1.66. The second kappa shape index (κ2) is 6.43. The summed E-state index contributed by atoms with van der Waals surface area (Å²) in [6, 6.07) is 7.98. The third-order valence-corrected chi connectivity index (χ3v) is 2.35. The van der Waals surface area contributed by atoms with Gasteiger partial charge in [-0.05, 0) is 12.1 Å². The first-order valence-electron chi connectivity index (χ1n) is 5.19. The van der Waals surface area contributed by atoms with E-state index in [9.17, 15) is 0 Å². The zero-order valence-corrected chi connectivity index (χ0v) is 11.9. The number of hydrogen-bond acceptors (Lipinski definition) is 2. The van der Waals surface area contributed by atoms with Gasteiger partial charge in [0.1, 0.15) is 5.82 Å². The van der Waals surface area contributed by atoms with Crippen LogP contribution < -0.4 is 11.1 Å². The van der Waals surface area contributed by atoms with Crippen LogP contribution in [-0.2, 0) is 6.42 Å². The van der Waals surface area contributed by atoms with Crippen molar-refractivity contribution in [1.82, 2.24) is 15.3 Å². The van der Waals surface area contributed by atoms with Crippen LogP contribution in [0.3, 0.4) is 0 Å². The minimum atomic E-state index is 0. The molecule has 0 fully saturated rings. The van der Waals surface area contributed by atoms with E-state index in [1.54, 1.807) is 7.05 Å². The maximum atomic E-state index is 5.52. The number of benzene rings is 1. The molecule has 1 aromatic heterocycles. The molecule has 4 N–H and O–H groups in total. The molecular weight excluding hydrogens is 329 g/mol. The van der Waals surface area contributed by atoms with Crippen molar-refractivity contribution >= 4 is 41.0 Å². The summed E-state index contributed by atoms with van der Waals surface area (Å²) < 4.78 is 0. The Morgan fingerprint density at radius 2 is 2.24 bits per heavy atom. The fraction of sp³-hybridized carbons (Fsp3) is 0.273. The fourth-order valence-corrected chi connectivity index (χ4v) is 1.51. The molecule has 0 atom stereocenters. The highest BCUT2D eigenvalue weighted by atomic mass is 127. The summed E-state index contributed by atoms with van der Waals surface area (Å²) in [5.41, 5.74) is 7.58. The van der Waals surface area contributed by atoms with Crippen molar-refractivity contribution < 1.29 is 0 Å².